The molecule has 0 spiro atoms. The highest BCUT2D eigenvalue weighted by Gasteiger charge is 2.34. The molecule has 0 N–H and O–H groups in total. The van der Waals surface area contributed by atoms with Crippen LogP contribution in [0, 0.1) is 0 Å². The van der Waals surface area contributed by atoms with Gasteiger partial charge in [-0.25, -0.2) is 0 Å². The maximum atomic E-state index is 12.5. The summed E-state index contributed by atoms with van der Waals surface area (Å²) in [6.07, 6.45) is 0. The molecule has 5 nitrogen and oxygen atoms in total. The average Bonchev–Trinajstić information content (AvgIpc) is 3.02. The molecule has 2 aromatic rings. The smallest absolute Gasteiger partial charge is 0.234 e. The molecule has 0 saturated carbocycles. The molecule has 1 unspecified atom stereocenters. The van der Waals surface area contributed by atoms with Gasteiger partial charge in [-0.15, -0.1) is 11.8 Å². The molecule has 2 aromatic carbocycles. The number of carbonyl (C=O) groups excluding carboxylic acids is 1. The van der Waals surface area contributed by atoms with Crippen molar-refractivity contribution < 1.29 is 19.0 Å². The van der Waals surface area contributed by atoms with Gasteiger partial charge in [-0.2, -0.15) is 0 Å². The monoisotopic (exact) mass is 373 g/mol. The Balaban J connectivity index is 1.87. The van der Waals surface area contributed by atoms with Crippen LogP contribution in [0.15, 0.2) is 42.5 Å². The second-order valence-electron chi connectivity index (χ2n) is 5.85. The Labute approximate surface area is 158 Å². The topological polar surface area (TPSA) is 48.0 Å². The van der Waals surface area contributed by atoms with Crippen LogP contribution in [-0.2, 0) is 11.3 Å². The highest BCUT2D eigenvalue weighted by molar-refractivity contribution is 8.00. The number of hydrogen-bond donors (Lipinski definition) is 0. The molecule has 1 heterocycles. The van der Waals surface area contributed by atoms with Crippen molar-refractivity contribution in [2.24, 2.45) is 0 Å². The molecule has 1 aliphatic rings. The summed E-state index contributed by atoms with van der Waals surface area (Å²) in [6, 6.07) is 13.7. The first-order valence-electron chi connectivity index (χ1n) is 8.51. The van der Waals surface area contributed by atoms with Crippen molar-refractivity contribution in [2.45, 2.75) is 18.8 Å². The number of amides is 1. The molecule has 0 aromatic heterocycles. The molecular weight excluding hydrogens is 350 g/mol. The van der Waals surface area contributed by atoms with Crippen LogP contribution in [0.25, 0.3) is 0 Å². The minimum Gasteiger partial charge on any atom is -0.493 e. The number of carbonyl (C=O) groups is 1. The van der Waals surface area contributed by atoms with E-state index in [0.29, 0.717) is 30.4 Å². The fourth-order valence-corrected chi connectivity index (χ4v) is 4.24. The van der Waals surface area contributed by atoms with Crippen molar-refractivity contribution in [1.82, 2.24) is 4.90 Å². The number of methoxy groups -OCH3 is 2. The normalized spacial score (nSPS) is 16.7. The van der Waals surface area contributed by atoms with Crippen molar-refractivity contribution in [3.05, 3.63) is 53.6 Å². The Morgan fingerprint density at radius 3 is 2.58 bits per heavy atom. The summed E-state index contributed by atoms with van der Waals surface area (Å²) < 4.78 is 16.4. The quantitative estimate of drug-likeness (QED) is 0.737. The second kappa shape index (κ2) is 8.36. The molecule has 1 amide bonds. The van der Waals surface area contributed by atoms with Crippen molar-refractivity contribution in [3.8, 4) is 17.2 Å². The van der Waals surface area contributed by atoms with Gasteiger partial charge < -0.3 is 19.1 Å². The van der Waals surface area contributed by atoms with Gasteiger partial charge in [0.15, 0.2) is 11.5 Å². The van der Waals surface area contributed by atoms with Gasteiger partial charge >= 0.3 is 0 Å². The summed E-state index contributed by atoms with van der Waals surface area (Å²) in [6.45, 7) is 3.07. The Hall–Kier alpha value is -2.34. The van der Waals surface area contributed by atoms with Crippen LogP contribution in [0.4, 0.5) is 0 Å². The van der Waals surface area contributed by atoms with Gasteiger partial charge in [0, 0.05) is 12.1 Å². The summed E-state index contributed by atoms with van der Waals surface area (Å²) in [4.78, 5) is 14.4. The predicted molar refractivity (Wildman–Crippen MR) is 103 cm³/mol. The van der Waals surface area contributed by atoms with Crippen molar-refractivity contribution in [1.29, 1.82) is 0 Å². The zero-order valence-corrected chi connectivity index (χ0v) is 16.0. The van der Waals surface area contributed by atoms with Crippen molar-refractivity contribution >= 4 is 17.7 Å². The number of thioether (sulfide) groups is 1. The minimum atomic E-state index is -0.0571. The lowest BCUT2D eigenvalue weighted by molar-refractivity contribution is -0.128. The average molecular weight is 373 g/mol. The molecule has 26 heavy (non-hydrogen) atoms. The van der Waals surface area contributed by atoms with E-state index in [-0.39, 0.29) is 11.3 Å². The Morgan fingerprint density at radius 2 is 1.85 bits per heavy atom. The van der Waals surface area contributed by atoms with Crippen LogP contribution in [-0.4, -0.2) is 37.4 Å². The summed E-state index contributed by atoms with van der Waals surface area (Å²) >= 11 is 1.63. The maximum Gasteiger partial charge on any atom is 0.234 e. The largest absolute Gasteiger partial charge is 0.493 e. The maximum absolute atomic E-state index is 12.5. The number of benzene rings is 2. The van der Waals surface area contributed by atoms with Gasteiger partial charge in [0.05, 0.1) is 26.6 Å². The molecule has 6 heteroatoms. The van der Waals surface area contributed by atoms with Gasteiger partial charge in [0.1, 0.15) is 11.1 Å². The lowest BCUT2D eigenvalue weighted by Crippen LogP contribution is -2.28. The molecule has 0 bridgehead atoms. The van der Waals surface area contributed by atoms with E-state index in [0.717, 1.165) is 16.9 Å². The Kier molecular flexibility index (Phi) is 5.93. The molecule has 1 saturated heterocycles. The van der Waals surface area contributed by atoms with Gasteiger partial charge in [0.2, 0.25) is 5.91 Å². The molecule has 1 fully saturated rings. The molecule has 138 valence electrons. The van der Waals surface area contributed by atoms with Crippen LogP contribution in [0.1, 0.15) is 23.4 Å². The number of hydrogen-bond acceptors (Lipinski definition) is 5. The van der Waals surface area contributed by atoms with Crippen molar-refractivity contribution in [2.75, 3.05) is 26.6 Å². The third kappa shape index (κ3) is 3.75. The summed E-state index contributed by atoms with van der Waals surface area (Å²) in [7, 11) is 3.22. The first kappa shape index (κ1) is 18.5. The highest BCUT2D eigenvalue weighted by atomic mass is 32.2. The van der Waals surface area contributed by atoms with E-state index in [2.05, 4.69) is 0 Å². The molecule has 0 radical (unpaired) electrons. The molecule has 3 rings (SSSR count). The fourth-order valence-electron chi connectivity index (χ4n) is 3.03. The van der Waals surface area contributed by atoms with Crippen LogP contribution in [0.2, 0.25) is 0 Å². The van der Waals surface area contributed by atoms with E-state index in [1.807, 2.05) is 54.3 Å². The van der Waals surface area contributed by atoms with E-state index in [1.165, 1.54) is 0 Å². The molecular formula is C20H23NO4S. The lowest BCUT2D eigenvalue weighted by Gasteiger charge is -2.26. The third-order valence-electron chi connectivity index (χ3n) is 4.25. The van der Waals surface area contributed by atoms with Gasteiger partial charge in [0.25, 0.3) is 0 Å². The molecule has 1 atom stereocenters. The minimum absolute atomic E-state index is 0.0571. The van der Waals surface area contributed by atoms with Crippen LogP contribution < -0.4 is 14.2 Å². The third-order valence-corrected chi connectivity index (χ3v) is 5.49. The van der Waals surface area contributed by atoms with Gasteiger partial charge in [-0.1, -0.05) is 24.3 Å². The van der Waals surface area contributed by atoms with E-state index in [1.54, 1.807) is 26.0 Å². The van der Waals surface area contributed by atoms with Gasteiger partial charge in [-0.3, -0.25) is 4.79 Å². The van der Waals surface area contributed by atoms with Gasteiger partial charge in [-0.05, 0) is 30.7 Å². The van der Waals surface area contributed by atoms with Crippen molar-refractivity contribution in [3.63, 3.8) is 0 Å². The zero-order chi connectivity index (χ0) is 18.5. The van der Waals surface area contributed by atoms with E-state index >= 15 is 0 Å². The summed E-state index contributed by atoms with van der Waals surface area (Å²) in [5.41, 5.74) is 2.03. The lowest BCUT2D eigenvalue weighted by atomic mass is 10.1. The number of para-hydroxylation sites is 1. The number of ether oxygens (including phenoxy) is 3. The molecule has 0 aliphatic carbocycles. The van der Waals surface area contributed by atoms with Crippen LogP contribution in [0.3, 0.4) is 0 Å². The Bertz CT molecular complexity index is 780. The summed E-state index contributed by atoms with van der Waals surface area (Å²) in [5.74, 6) is 2.77. The standard InChI is InChI=1S/C20H23NO4S/c1-4-25-16-8-6-5-7-15(16)20-21(19(22)13-26-20)12-14-9-10-17(23-2)18(11-14)24-3/h5-11,20H,4,12-13H2,1-3H3. The summed E-state index contributed by atoms with van der Waals surface area (Å²) in [5, 5.41) is -0.0571. The van der Waals surface area contributed by atoms with E-state index in [4.69, 9.17) is 14.2 Å². The first-order valence-corrected chi connectivity index (χ1v) is 9.56. The zero-order valence-electron chi connectivity index (χ0n) is 15.2. The predicted octanol–water partition coefficient (Wildman–Crippen LogP) is 3.88. The number of rotatable bonds is 7. The fraction of sp³-hybridized carbons (Fsp3) is 0.350. The SMILES string of the molecule is CCOc1ccccc1C1SCC(=O)N1Cc1ccc(OC)c(OC)c1. The second-order valence-corrected chi connectivity index (χ2v) is 6.91. The van der Waals surface area contributed by atoms with E-state index in [9.17, 15) is 4.79 Å². The molecule has 1 aliphatic heterocycles. The Morgan fingerprint density at radius 1 is 1.08 bits per heavy atom. The first-order chi connectivity index (χ1) is 12.7. The van der Waals surface area contributed by atoms with Crippen LogP contribution in [0.5, 0.6) is 17.2 Å². The van der Waals surface area contributed by atoms with E-state index < -0.39 is 0 Å². The number of nitrogens with zero attached hydrogens (tertiary/aromatic N) is 1. The highest BCUT2D eigenvalue weighted by Crippen LogP contribution is 2.43. The van der Waals surface area contributed by atoms with Crippen LogP contribution >= 0.6 is 11.8 Å².